The van der Waals surface area contributed by atoms with E-state index in [-0.39, 0.29) is 18.5 Å². The summed E-state index contributed by atoms with van der Waals surface area (Å²) < 4.78 is 7.17. The van der Waals surface area contributed by atoms with E-state index >= 15 is 0 Å². The van der Waals surface area contributed by atoms with Crippen molar-refractivity contribution in [3.05, 3.63) is 48.4 Å². The molecule has 1 atom stereocenters. The summed E-state index contributed by atoms with van der Waals surface area (Å²) in [5.41, 5.74) is 1.64. The van der Waals surface area contributed by atoms with Crippen LogP contribution in [0.1, 0.15) is 25.6 Å². The molecule has 3 rings (SSSR count). The summed E-state index contributed by atoms with van der Waals surface area (Å²) in [6, 6.07) is 11.4. The van der Waals surface area contributed by atoms with Crippen LogP contribution in [-0.4, -0.2) is 45.4 Å². The predicted octanol–water partition coefficient (Wildman–Crippen LogP) is 2.22. The minimum Gasteiger partial charge on any atom is -0.468 e. The van der Waals surface area contributed by atoms with Crippen molar-refractivity contribution in [1.29, 1.82) is 0 Å². The zero-order chi connectivity index (χ0) is 17.6. The number of amides is 1. The van der Waals surface area contributed by atoms with Gasteiger partial charge in [0, 0.05) is 6.54 Å². The van der Waals surface area contributed by atoms with E-state index in [1.807, 2.05) is 36.4 Å². The molecule has 2 aromatic heterocycles. The molecule has 7 heteroatoms. The summed E-state index contributed by atoms with van der Waals surface area (Å²) >= 11 is 0. The van der Waals surface area contributed by atoms with Crippen LogP contribution < -0.4 is 5.32 Å². The first-order valence-corrected chi connectivity index (χ1v) is 8.55. The topological polar surface area (TPSA) is 76.2 Å². The van der Waals surface area contributed by atoms with Gasteiger partial charge in [-0.3, -0.25) is 9.69 Å². The number of hydrogen-bond acceptors (Lipinski definition) is 5. The van der Waals surface area contributed by atoms with Gasteiger partial charge in [-0.05, 0) is 37.4 Å². The first-order valence-electron chi connectivity index (χ1n) is 8.55. The van der Waals surface area contributed by atoms with E-state index < -0.39 is 0 Å². The number of benzene rings is 1. The second kappa shape index (κ2) is 7.94. The molecule has 0 spiro atoms. The van der Waals surface area contributed by atoms with E-state index in [0.717, 1.165) is 29.9 Å². The maximum atomic E-state index is 12.4. The molecule has 1 N–H and O–H groups in total. The molecule has 2 heterocycles. The summed E-state index contributed by atoms with van der Waals surface area (Å²) in [6.45, 7) is 6.59. The Morgan fingerprint density at radius 1 is 1.24 bits per heavy atom. The molecule has 1 amide bonds. The standard InChI is InChI=1S/C18H23N5O2/c1-3-22(4-2)16(17-10-7-11-25-17)12-19-18(24)13-23-15-9-6-5-8-14(15)20-21-23/h5-11,16H,3-4,12-13H2,1-2H3,(H,19,24). The van der Waals surface area contributed by atoms with Crippen LogP contribution in [0.15, 0.2) is 47.1 Å². The van der Waals surface area contributed by atoms with Crippen LogP contribution in [0, 0.1) is 0 Å². The molecule has 0 aliphatic rings. The van der Waals surface area contributed by atoms with Gasteiger partial charge in [-0.15, -0.1) is 5.10 Å². The van der Waals surface area contributed by atoms with Gasteiger partial charge in [-0.2, -0.15) is 0 Å². The number of rotatable bonds is 8. The number of nitrogens with zero attached hydrogens (tertiary/aromatic N) is 4. The van der Waals surface area contributed by atoms with Gasteiger partial charge in [0.2, 0.25) is 5.91 Å². The molecule has 1 aromatic carbocycles. The first kappa shape index (κ1) is 17.2. The molecule has 0 radical (unpaired) electrons. The number of furan rings is 1. The van der Waals surface area contributed by atoms with E-state index in [4.69, 9.17) is 4.42 Å². The highest BCUT2D eigenvalue weighted by molar-refractivity contribution is 5.79. The van der Waals surface area contributed by atoms with Crippen molar-refractivity contribution in [1.82, 2.24) is 25.2 Å². The van der Waals surface area contributed by atoms with Crippen molar-refractivity contribution >= 4 is 16.9 Å². The highest BCUT2D eigenvalue weighted by Crippen LogP contribution is 2.20. The normalized spacial score (nSPS) is 12.6. The lowest BCUT2D eigenvalue weighted by Crippen LogP contribution is -2.39. The van der Waals surface area contributed by atoms with Gasteiger partial charge >= 0.3 is 0 Å². The molecule has 0 aliphatic carbocycles. The number of para-hydroxylation sites is 1. The molecule has 3 aromatic rings. The van der Waals surface area contributed by atoms with Gasteiger partial charge in [-0.25, -0.2) is 4.68 Å². The van der Waals surface area contributed by atoms with Crippen LogP contribution in [-0.2, 0) is 11.3 Å². The second-order valence-electron chi connectivity index (χ2n) is 5.79. The zero-order valence-corrected chi connectivity index (χ0v) is 14.6. The van der Waals surface area contributed by atoms with Crippen molar-refractivity contribution in [3.8, 4) is 0 Å². The third kappa shape index (κ3) is 3.88. The molecule has 0 fully saturated rings. The highest BCUT2D eigenvalue weighted by atomic mass is 16.3. The fourth-order valence-corrected chi connectivity index (χ4v) is 2.99. The molecule has 1 unspecified atom stereocenters. The fourth-order valence-electron chi connectivity index (χ4n) is 2.99. The van der Waals surface area contributed by atoms with Crippen LogP contribution in [0.2, 0.25) is 0 Å². The minimum absolute atomic E-state index is 0.0152. The van der Waals surface area contributed by atoms with E-state index in [1.165, 1.54) is 0 Å². The summed E-state index contributed by atoms with van der Waals surface area (Å²) in [6.07, 6.45) is 1.66. The third-order valence-corrected chi connectivity index (χ3v) is 4.33. The molecular formula is C18H23N5O2. The Bertz CT molecular complexity index is 808. The van der Waals surface area contributed by atoms with Crippen molar-refractivity contribution in [3.63, 3.8) is 0 Å². The molecule has 7 nitrogen and oxygen atoms in total. The fraction of sp³-hybridized carbons (Fsp3) is 0.389. The average molecular weight is 341 g/mol. The van der Waals surface area contributed by atoms with Crippen molar-refractivity contribution in [2.75, 3.05) is 19.6 Å². The largest absolute Gasteiger partial charge is 0.468 e. The van der Waals surface area contributed by atoms with Crippen LogP contribution in [0.5, 0.6) is 0 Å². The number of hydrogen-bond donors (Lipinski definition) is 1. The number of nitrogens with one attached hydrogen (secondary N) is 1. The van der Waals surface area contributed by atoms with Crippen LogP contribution in [0.3, 0.4) is 0 Å². The monoisotopic (exact) mass is 341 g/mol. The summed E-state index contributed by atoms with van der Waals surface area (Å²) in [5, 5.41) is 11.1. The maximum absolute atomic E-state index is 12.4. The Morgan fingerprint density at radius 2 is 2.04 bits per heavy atom. The number of carbonyl (C=O) groups is 1. The Balaban J connectivity index is 1.65. The van der Waals surface area contributed by atoms with E-state index in [0.29, 0.717) is 6.54 Å². The number of fused-ring (bicyclic) bond motifs is 1. The van der Waals surface area contributed by atoms with Crippen LogP contribution in [0.25, 0.3) is 11.0 Å². The predicted molar refractivity (Wildman–Crippen MR) is 94.9 cm³/mol. The number of aromatic nitrogens is 3. The Hall–Kier alpha value is -2.67. The smallest absolute Gasteiger partial charge is 0.241 e. The highest BCUT2D eigenvalue weighted by Gasteiger charge is 2.21. The van der Waals surface area contributed by atoms with Gasteiger partial charge in [0.05, 0.1) is 17.8 Å². The average Bonchev–Trinajstić information content (AvgIpc) is 3.29. The lowest BCUT2D eigenvalue weighted by atomic mass is 10.2. The van der Waals surface area contributed by atoms with Gasteiger partial charge < -0.3 is 9.73 Å². The Morgan fingerprint density at radius 3 is 2.76 bits per heavy atom. The summed E-state index contributed by atoms with van der Waals surface area (Å²) in [5.74, 6) is 0.759. The molecule has 0 saturated carbocycles. The van der Waals surface area contributed by atoms with Crippen molar-refractivity contribution < 1.29 is 9.21 Å². The number of carbonyl (C=O) groups excluding carboxylic acids is 1. The summed E-state index contributed by atoms with van der Waals surface area (Å²) in [7, 11) is 0. The molecular weight excluding hydrogens is 318 g/mol. The van der Waals surface area contributed by atoms with E-state index in [2.05, 4.69) is 34.4 Å². The van der Waals surface area contributed by atoms with Gasteiger partial charge in [0.25, 0.3) is 0 Å². The van der Waals surface area contributed by atoms with Gasteiger partial charge in [0.15, 0.2) is 0 Å². The van der Waals surface area contributed by atoms with Gasteiger partial charge in [-0.1, -0.05) is 31.2 Å². The summed E-state index contributed by atoms with van der Waals surface area (Å²) in [4.78, 5) is 14.6. The van der Waals surface area contributed by atoms with E-state index in [1.54, 1.807) is 10.9 Å². The SMILES string of the molecule is CCN(CC)C(CNC(=O)Cn1nnc2ccccc21)c1ccco1. The zero-order valence-electron chi connectivity index (χ0n) is 14.6. The third-order valence-electron chi connectivity index (χ3n) is 4.33. The van der Waals surface area contributed by atoms with Crippen molar-refractivity contribution in [2.45, 2.75) is 26.4 Å². The maximum Gasteiger partial charge on any atom is 0.241 e. The second-order valence-corrected chi connectivity index (χ2v) is 5.79. The molecule has 25 heavy (non-hydrogen) atoms. The number of likely N-dealkylation sites (N-methyl/N-ethyl adjacent to an activating group) is 1. The van der Waals surface area contributed by atoms with Crippen LogP contribution >= 0.6 is 0 Å². The van der Waals surface area contributed by atoms with Crippen molar-refractivity contribution in [2.24, 2.45) is 0 Å². The Kier molecular flexibility index (Phi) is 5.45. The lowest BCUT2D eigenvalue weighted by Gasteiger charge is -2.28. The lowest BCUT2D eigenvalue weighted by molar-refractivity contribution is -0.122. The quantitative estimate of drug-likeness (QED) is 0.680. The molecule has 0 aliphatic heterocycles. The molecule has 0 saturated heterocycles. The van der Waals surface area contributed by atoms with E-state index in [9.17, 15) is 4.79 Å². The molecule has 0 bridgehead atoms. The minimum atomic E-state index is -0.0978. The Labute approximate surface area is 146 Å². The molecule has 132 valence electrons. The first-order chi connectivity index (χ1) is 12.2. The van der Waals surface area contributed by atoms with Gasteiger partial charge in [0.1, 0.15) is 17.8 Å². The van der Waals surface area contributed by atoms with Crippen LogP contribution in [0.4, 0.5) is 0 Å².